The molecule has 1 N–H and O–H groups in total. The van der Waals surface area contributed by atoms with Crippen molar-refractivity contribution in [1.29, 1.82) is 0 Å². The van der Waals surface area contributed by atoms with E-state index >= 15 is 0 Å². The largest absolute Gasteiger partial charge is 0.423 e. The average molecular weight is 287 g/mol. The molecule has 1 saturated carbocycles. The van der Waals surface area contributed by atoms with Crippen molar-refractivity contribution in [3.63, 3.8) is 0 Å². The van der Waals surface area contributed by atoms with E-state index < -0.39 is 0 Å². The van der Waals surface area contributed by atoms with Crippen LogP contribution in [0.25, 0.3) is 11.5 Å². The van der Waals surface area contributed by atoms with Crippen molar-refractivity contribution in [1.82, 2.24) is 10.2 Å². The topological polar surface area (TPSA) is 60.2 Å². The summed E-state index contributed by atoms with van der Waals surface area (Å²) in [5.74, 6) is 0.543. The standard InChI is InChI=1S/C16H21N3O2/c1-4-20-14-9-13(16(14,2)3)18-12-7-5-11(6-8-12)15-19-17-10-21-15/h5-8,10,13-14,18H,4,9H2,1-3H3. The van der Waals surface area contributed by atoms with Crippen LogP contribution in [0.5, 0.6) is 0 Å². The first kappa shape index (κ1) is 14.1. The highest BCUT2D eigenvalue weighted by Crippen LogP contribution is 2.44. The molecule has 21 heavy (non-hydrogen) atoms. The van der Waals surface area contributed by atoms with Gasteiger partial charge in [-0.3, -0.25) is 0 Å². The first-order valence-electron chi connectivity index (χ1n) is 7.36. The minimum Gasteiger partial charge on any atom is -0.423 e. The SMILES string of the molecule is CCOC1CC(Nc2ccc(-c3nnco3)cc2)C1(C)C. The van der Waals surface area contributed by atoms with E-state index in [0.717, 1.165) is 24.3 Å². The van der Waals surface area contributed by atoms with Gasteiger partial charge in [0.2, 0.25) is 12.3 Å². The van der Waals surface area contributed by atoms with Crippen LogP contribution in [0.15, 0.2) is 35.1 Å². The van der Waals surface area contributed by atoms with E-state index in [1.807, 2.05) is 31.2 Å². The van der Waals surface area contributed by atoms with Crippen LogP contribution in [-0.4, -0.2) is 29.0 Å². The number of rotatable bonds is 5. The fraction of sp³-hybridized carbons (Fsp3) is 0.500. The van der Waals surface area contributed by atoms with Gasteiger partial charge in [0.05, 0.1) is 6.10 Å². The Labute approximate surface area is 124 Å². The summed E-state index contributed by atoms with van der Waals surface area (Å²) in [6, 6.07) is 8.50. The molecule has 2 atom stereocenters. The van der Waals surface area contributed by atoms with Crippen molar-refractivity contribution >= 4 is 5.69 Å². The summed E-state index contributed by atoms with van der Waals surface area (Å²) >= 11 is 0. The van der Waals surface area contributed by atoms with Gasteiger partial charge in [-0.25, -0.2) is 0 Å². The van der Waals surface area contributed by atoms with E-state index in [1.54, 1.807) is 0 Å². The van der Waals surface area contributed by atoms with Gasteiger partial charge in [-0.2, -0.15) is 0 Å². The number of hydrogen-bond donors (Lipinski definition) is 1. The third-order valence-electron chi connectivity index (χ3n) is 4.38. The first-order chi connectivity index (χ1) is 10.1. The van der Waals surface area contributed by atoms with Crippen LogP contribution in [0.4, 0.5) is 5.69 Å². The molecule has 3 rings (SSSR count). The third-order valence-corrected chi connectivity index (χ3v) is 4.38. The predicted molar refractivity (Wildman–Crippen MR) is 81.0 cm³/mol. The molecule has 5 heteroatoms. The number of hydrogen-bond acceptors (Lipinski definition) is 5. The van der Waals surface area contributed by atoms with Crippen molar-refractivity contribution in [2.24, 2.45) is 5.41 Å². The molecule has 2 aromatic rings. The number of aromatic nitrogens is 2. The van der Waals surface area contributed by atoms with Crippen molar-refractivity contribution in [3.8, 4) is 11.5 Å². The molecule has 0 aliphatic heterocycles. The second-order valence-corrected chi connectivity index (χ2v) is 6.02. The Morgan fingerprint density at radius 1 is 1.33 bits per heavy atom. The summed E-state index contributed by atoms with van der Waals surface area (Å²) in [4.78, 5) is 0. The highest BCUT2D eigenvalue weighted by atomic mass is 16.5. The molecule has 0 saturated heterocycles. The minimum atomic E-state index is 0.154. The van der Waals surface area contributed by atoms with Crippen molar-refractivity contribution in [2.45, 2.75) is 39.3 Å². The number of ether oxygens (including phenoxy) is 1. The first-order valence-corrected chi connectivity index (χ1v) is 7.36. The molecule has 1 aliphatic rings. The number of benzene rings is 1. The summed E-state index contributed by atoms with van der Waals surface area (Å²) in [5, 5.41) is 11.2. The van der Waals surface area contributed by atoms with Crippen LogP contribution < -0.4 is 5.32 Å². The van der Waals surface area contributed by atoms with E-state index in [9.17, 15) is 0 Å². The number of anilines is 1. The lowest BCUT2D eigenvalue weighted by Crippen LogP contribution is -2.58. The van der Waals surface area contributed by atoms with Gasteiger partial charge >= 0.3 is 0 Å². The van der Waals surface area contributed by atoms with E-state index in [-0.39, 0.29) is 5.41 Å². The van der Waals surface area contributed by atoms with Gasteiger partial charge in [0.1, 0.15) is 0 Å². The van der Waals surface area contributed by atoms with Gasteiger partial charge in [-0.05, 0) is 37.6 Å². The maximum atomic E-state index is 5.76. The zero-order valence-corrected chi connectivity index (χ0v) is 12.7. The summed E-state index contributed by atoms with van der Waals surface area (Å²) in [5.41, 5.74) is 2.19. The molecule has 0 spiro atoms. The molecule has 1 aromatic carbocycles. The molecular weight excluding hydrogens is 266 g/mol. The van der Waals surface area contributed by atoms with Gasteiger partial charge in [0.25, 0.3) is 0 Å². The lowest BCUT2D eigenvalue weighted by molar-refractivity contribution is -0.0975. The molecule has 1 aliphatic carbocycles. The van der Waals surface area contributed by atoms with Gasteiger partial charge < -0.3 is 14.5 Å². The maximum absolute atomic E-state index is 5.76. The quantitative estimate of drug-likeness (QED) is 0.913. The Kier molecular flexibility index (Phi) is 3.68. The van der Waals surface area contributed by atoms with Crippen LogP contribution in [0, 0.1) is 5.41 Å². The number of nitrogens with zero attached hydrogens (tertiary/aromatic N) is 2. The average Bonchev–Trinajstić information content (AvgIpc) is 3.01. The minimum absolute atomic E-state index is 0.154. The Balaban J connectivity index is 1.64. The Hall–Kier alpha value is -1.88. The fourth-order valence-electron chi connectivity index (χ4n) is 2.82. The van der Waals surface area contributed by atoms with E-state index in [1.165, 1.54) is 6.39 Å². The second kappa shape index (κ2) is 5.48. The van der Waals surface area contributed by atoms with Crippen LogP contribution in [0.1, 0.15) is 27.2 Å². The van der Waals surface area contributed by atoms with Crippen molar-refractivity contribution in [3.05, 3.63) is 30.7 Å². The van der Waals surface area contributed by atoms with Gasteiger partial charge in [-0.1, -0.05) is 13.8 Å². The molecule has 0 amide bonds. The fourth-order valence-corrected chi connectivity index (χ4v) is 2.82. The lowest BCUT2D eigenvalue weighted by atomic mass is 9.64. The van der Waals surface area contributed by atoms with Crippen LogP contribution in [0.3, 0.4) is 0 Å². The van der Waals surface area contributed by atoms with Gasteiger partial charge in [-0.15, -0.1) is 10.2 Å². The molecule has 1 aromatic heterocycles. The van der Waals surface area contributed by atoms with Crippen LogP contribution in [0.2, 0.25) is 0 Å². The lowest BCUT2D eigenvalue weighted by Gasteiger charge is -2.52. The second-order valence-electron chi connectivity index (χ2n) is 6.02. The highest BCUT2D eigenvalue weighted by molar-refractivity contribution is 5.58. The van der Waals surface area contributed by atoms with Gasteiger partial charge in [0, 0.05) is 29.3 Å². The normalized spacial score (nSPS) is 23.6. The van der Waals surface area contributed by atoms with Crippen LogP contribution in [-0.2, 0) is 4.74 Å². The molecular formula is C16H21N3O2. The summed E-state index contributed by atoms with van der Waals surface area (Å²) in [6.45, 7) is 7.33. The molecule has 0 radical (unpaired) electrons. The Morgan fingerprint density at radius 3 is 2.67 bits per heavy atom. The molecule has 1 heterocycles. The summed E-state index contributed by atoms with van der Waals surface area (Å²) < 4.78 is 10.9. The van der Waals surface area contributed by atoms with E-state index in [2.05, 4.69) is 29.4 Å². The smallest absolute Gasteiger partial charge is 0.247 e. The summed E-state index contributed by atoms with van der Waals surface area (Å²) in [6.07, 6.45) is 2.73. The Bertz CT molecular complexity index is 578. The highest BCUT2D eigenvalue weighted by Gasteiger charge is 2.48. The van der Waals surface area contributed by atoms with E-state index in [0.29, 0.717) is 18.0 Å². The maximum Gasteiger partial charge on any atom is 0.247 e. The zero-order valence-electron chi connectivity index (χ0n) is 12.7. The van der Waals surface area contributed by atoms with Crippen molar-refractivity contribution < 1.29 is 9.15 Å². The number of nitrogens with one attached hydrogen (secondary N) is 1. The monoisotopic (exact) mass is 287 g/mol. The Morgan fingerprint density at radius 2 is 2.10 bits per heavy atom. The summed E-state index contributed by atoms with van der Waals surface area (Å²) in [7, 11) is 0. The van der Waals surface area contributed by atoms with Crippen molar-refractivity contribution in [2.75, 3.05) is 11.9 Å². The molecule has 112 valence electrons. The molecule has 2 unspecified atom stereocenters. The molecule has 5 nitrogen and oxygen atoms in total. The third kappa shape index (κ3) is 2.65. The predicted octanol–water partition coefficient (Wildman–Crippen LogP) is 3.35. The van der Waals surface area contributed by atoms with Gasteiger partial charge in [0.15, 0.2) is 0 Å². The molecule has 0 bridgehead atoms. The zero-order chi connectivity index (χ0) is 14.9. The van der Waals surface area contributed by atoms with E-state index in [4.69, 9.17) is 9.15 Å². The van der Waals surface area contributed by atoms with Crippen LogP contribution >= 0.6 is 0 Å². The molecule has 1 fully saturated rings.